The lowest BCUT2D eigenvalue weighted by Gasteiger charge is -2.10. The van der Waals surface area contributed by atoms with Gasteiger partial charge in [0, 0.05) is 23.0 Å². The van der Waals surface area contributed by atoms with Crippen LogP contribution in [-0.4, -0.2) is 43.2 Å². The van der Waals surface area contributed by atoms with Crippen LogP contribution in [0.25, 0.3) is 10.9 Å². The Balaban J connectivity index is 1.60. The van der Waals surface area contributed by atoms with Gasteiger partial charge in [-0.1, -0.05) is 0 Å². The van der Waals surface area contributed by atoms with E-state index in [1.165, 1.54) is 54.8 Å². The normalized spacial score (nSPS) is 11.4. The SMILES string of the molecule is COc1ccc(C(=O)Cn2ncc3cc(S(=O)(=O)Nc4nccs4)ccc32)c(OC)c1. The first-order valence-corrected chi connectivity index (χ1v) is 11.4. The van der Waals surface area contributed by atoms with E-state index in [0.29, 0.717) is 28.0 Å². The number of aromatic nitrogens is 3. The molecule has 9 nitrogen and oxygen atoms in total. The largest absolute Gasteiger partial charge is 0.497 e. The van der Waals surface area contributed by atoms with E-state index < -0.39 is 10.0 Å². The number of carbonyl (C=O) groups excluding carboxylic acids is 1. The molecule has 0 amide bonds. The zero-order chi connectivity index (χ0) is 22.0. The maximum absolute atomic E-state index is 12.8. The topological polar surface area (TPSA) is 112 Å². The van der Waals surface area contributed by atoms with Gasteiger partial charge in [-0.25, -0.2) is 13.4 Å². The van der Waals surface area contributed by atoms with Gasteiger partial charge in [-0.3, -0.25) is 14.2 Å². The molecule has 2 aromatic heterocycles. The van der Waals surface area contributed by atoms with Crippen LogP contribution in [0.4, 0.5) is 5.13 Å². The second kappa shape index (κ2) is 8.36. The molecule has 1 N–H and O–H groups in total. The summed E-state index contributed by atoms with van der Waals surface area (Å²) in [6.07, 6.45) is 3.04. The number of ether oxygens (including phenoxy) is 2. The molecule has 11 heteroatoms. The van der Waals surface area contributed by atoms with E-state index in [-0.39, 0.29) is 22.4 Å². The summed E-state index contributed by atoms with van der Waals surface area (Å²) in [6, 6.07) is 9.56. The fourth-order valence-electron chi connectivity index (χ4n) is 3.06. The third-order valence-electron chi connectivity index (χ3n) is 4.58. The molecule has 2 heterocycles. The highest BCUT2D eigenvalue weighted by molar-refractivity contribution is 7.93. The van der Waals surface area contributed by atoms with Gasteiger partial charge in [0.2, 0.25) is 0 Å². The highest BCUT2D eigenvalue weighted by atomic mass is 32.2. The number of rotatable bonds is 8. The molecule has 2 aromatic carbocycles. The summed E-state index contributed by atoms with van der Waals surface area (Å²) < 4.78 is 39.6. The minimum absolute atomic E-state index is 0.0321. The number of anilines is 1. The quantitative estimate of drug-likeness (QED) is 0.404. The van der Waals surface area contributed by atoms with Gasteiger partial charge in [0.15, 0.2) is 10.9 Å². The minimum Gasteiger partial charge on any atom is -0.497 e. The van der Waals surface area contributed by atoms with Gasteiger partial charge in [-0.05, 0) is 30.3 Å². The van der Waals surface area contributed by atoms with Crippen molar-refractivity contribution in [3.63, 3.8) is 0 Å². The van der Waals surface area contributed by atoms with Crippen molar-refractivity contribution in [2.75, 3.05) is 18.9 Å². The number of benzene rings is 2. The van der Waals surface area contributed by atoms with E-state index in [1.807, 2.05) is 0 Å². The second-order valence-electron chi connectivity index (χ2n) is 6.45. The first-order valence-electron chi connectivity index (χ1n) is 9.04. The van der Waals surface area contributed by atoms with Crippen LogP contribution in [0, 0.1) is 0 Å². The molecule has 0 aliphatic rings. The first-order chi connectivity index (χ1) is 14.9. The molecule has 0 aliphatic heterocycles. The Morgan fingerprint density at radius 3 is 2.71 bits per heavy atom. The molecule has 0 saturated heterocycles. The lowest BCUT2D eigenvalue weighted by Crippen LogP contribution is -2.13. The van der Waals surface area contributed by atoms with E-state index in [4.69, 9.17) is 9.47 Å². The van der Waals surface area contributed by atoms with Crippen LogP contribution in [0.5, 0.6) is 11.5 Å². The van der Waals surface area contributed by atoms with Gasteiger partial charge in [-0.15, -0.1) is 11.3 Å². The van der Waals surface area contributed by atoms with Gasteiger partial charge in [-0.2, -0.15) is 5.10 Å². The number of sulfonamides is 1. The standard InChI is InChI=1S/C20H18N4O5S2/c1-28-14-3-5-16(19(10-14)29-2)18(25)12-24-17-6-4-15(9-13(17)11-22-24)31(26,27)23-20-21-7-8-30-20/h3-11H,12H2,1-2H3,(H,21,23). The van der Waals surface area contributed by atoms with E-state index in [0.717, 1.165) is 0 Å². The Bertz CT molecular complexity index is 1350. The van der Waals surface area contributed by atoms with Crippen molar-refractivity contribution in [2.45, 2.75) is 11.4 Å². The van der Waals surface area contributed by atoms with Gasteiger partial charge < -0.3 is 9.47 Å². The van der Waals surface area contributed by atoms with Crippen molar-refractivity contribution in [3.05, 3.63) is 59.7 Å². The van der Waals surface area contributed by atoms with Crippen LogP contribution in [0.3, 0.4) is 0 Å². The highest BCUT2D eigenvalue weighted by Crippen LogP contribution is 2.26. The number of thiazole rings is 1. The van der Waals surface area contributed by atoms with Crippen molar-refractivity contribution in [1.29, 1.82) is 0 Å². The van der Waals surface area contributed by atoms with Crippen LogP contribution in [-0.2, 0) is 16.6 Å². The van der Waals surface area contributed by atoms with Gasteiger partial charge >= 0.3 is 0 Å². The Kier molecular flexibility index (Phi) is 5.61. The molecule has 0 unspecified atom stereocenters. The number of nitrogens with one attached hydrogen (secondary N) is 1. The molecule has 0 radical (unpaired) electrons. The van der Waals surface area contributed by atoms with Gasteiger partial charge in [0.1, 0.15) is 18.0 Å². The van der Waals surface area contributed by atoms with E-state index >= 15 is 0 Å². The maximum Gasteiger partial charge on any atom is 0.263 e. The van der Waals surface area contributed by atoms with Crippen molar-refractivity contribution in [1.82, 2.24) is 14.8 Å². The summed E-state index contributed by atoms with van der Waals surface area (Å²) in [7, 11) is -0.764. The number of fused-ring (bicyclic) bond motifs is 1. The number of methoxy groups -OCH3 is 2. The smallest absolute Gasteiger partial charge is 0.263 e. The molecule has 4 aromatic rings. The molecule has 0 saturated carbocycles. The molecule has 31 heavy (non-hydrogen) atoms. The van der Waals surface area contributed by atoms with Crippen molar-refractivity contribution >= 4 is 43.2 Å². The Morgan fingerprint density at radius 2 is 2.00 bits per heavy atom. The zero-order valence-corrected chi connectivity index (χ0v) is 18.2. The fourth-order valence-corrected chi connectivity index (χ4v) is 4.88. The van der Waals surface area contributed by atoms with Gasteiger partial charge in [0.25, 0.3) is 10.0 Å². The monoisotopic (exact) mass is 458 g/mol. The van der Waals surface area contributed by atoms with E-state index in [2.05, 4.69) is 14.8 Å². The molecular weight excluding hydrogens is 440 g/mol. The van der Waals surface area contributed by atoms with Crippen molar-refractivity contribution < 1.29 is 22.7 Å². The van der Waals surface area contributed by atoms with Crippen LogP contribution in [0.1, 0.15) is 10.4 Å². The minimum atomic E-state index is -3.78. The lowest BCUT2D eigenvalue weighted by atomic mass is 10.1. The molecule has 4 rings (SSSR count). The number of nitrogens with zero attached hydrogens (tertiary/aromatic N) is 3. The molecule has 0 aliphatic carbocycles. The highest BCUT2D eigenvalue weighted by Gasteiger charge is 2.19. The molecule has 0 fully saturated rings. The van der Waals surface area contributed by atoms with Crippen LogP contribution in [0.15, 0.2) is 59.1 Å². The first kappa shape index (κ1) is 20.8. The predicted molar refractivity (Wildman–Crippen MR) is 117 cm³/mol. The molecular formula is C20H18N4O5S2. The summed E-state index contributed by atoms with van der Waals surface area (Å²) in [5.74, 6) is 0.784. The number of hydrogen-bond donors (Lipinski definition) is 1. The summed E-state index contributed by atoms with van der Waals surface area (Å²) >= 11 is 1.19. The van der Waals surface area contributed by atoms with Gasteiger partial charge in [0.05, 0.1) is 36.4 Å². The summed E-state index contributed by atoms with van der Waals surface area (Å²) in [6.45, 7) is -0.0321. The van der Waals surface area contributed by atoms with E-state index in [1.54, 1.807) is 29.6 Å². The lowest BCUT2D eigenvalue weighted by molar-refractivity contribution is 0.0966. The Hall–Kier alpha value is -3.44. The van der Waals surface area contributed by atoms with Crippen molar-refractivity contribution in [3.8, 4) is 11.5 Å². The number of hydrogen-bond acceptors (Lipinski definition) is 8. The summed E-state index contributed by atoms with van der Waals surface area (Å²) in [4.78, 5) is 16.9. The van der Waals surface area contributed by atoms with E-state index in [9.17, 15) is 13.2 Å². The zero-order valence-electron chi connectivity index (χ0n) is 16.6. The maximum atomic E-state index is 12.8. The average molecular weight is 459 g/mol. The average Bonchev–Trinajstić information content (AvgIpc) is 3.42. The Labute approximate surface area is 182 Å². The fraction of sp³-hybridized carbons (Fsp3) is 0.150. The van der Waals surface area contributed by atoms with Crippen LogP contribution in [0.2, 0.25) is 0 Å². The molecule has 160 valence electrons. The van der Waals surface area contributed by atoms with Crippen molar-refractivity contribution in [2.24, 2.45) is 0 Å². The third kappa shape index (κ3) is 4.23. The number of carbonyl (C=O) groups is 1. The second-order valence-corrected chi connectivity index (χ2v) is 9.03. The van der Waals surface area contributed by atoms with Crippen LogP contribution < -0.4 is 14.2 Å². The summed E-state index contributed by atoms with van der Waals surface area (Å²) in [5.41, 5.74) is 1.04. The molecule has 0 atom stereocenters. The molecule has 0 bridgehead atoms. The Morgan fingerprint density at radius 1 is 1.16 bits per heavy atom. The summed E-state index contributed by atoms with van der Waals surface area (Å²) in [5, 5.41) is 6.82. The molecule has 0 spiro atoms. The predicted octanol–water partition coefficient (Wildman–Crippen LogP) is 3.19. The van der Waals surface area contributed by atoms with Crippen LogP contribution >= 0.6 is 11.3 Å². The number of Topliss-reactive ketones (excluding diaryl/α,β-unsaturated/α-hetero) is 1. The third-order valence-corrected chi connectivity index (χ3v) is 6.73. The number of ketones is 1.